The fourth-order valence-corrected chi connectivity index (χ4v) is 1.81. The van der Waals surface area contributed by atoms with Gasteiger partial charge in [-0.15, -0.1) is 3.75 Å². The summed E-state index contributed by atoms with van der Waals surface area (Å²) < 4.78 is 24.1. The molecule has 1 aromatic rings. The van der Waals surface area contributed by atoms with E-state index in [1.807, 2.05) is 3.75 Å². The summed E-state index contributed by atoms with van der Waals surface area (Å²) in [5, 5.41) is 0. The Morgan fingerprint density at radius 1 is 1.25 bits per heavy atom. The summed E-state index contributed by atoms with van der Waals surface area (Å²) in [5.41, 5.74) is 0. The van der Waals surface area contributed by atoms with E-state index in [0.717, 1.165) is 0 Å². The molecule has 0 aliphatic heterocycles. The maximum Gasteiger partial charge on any atom is 1.00 e. The van der Waals surface area contributed by atoms with E-state index in [1.165, 1.54) is 12.1 Å². The van der Waals surface area contributed by atoms with Gasteiger partial charge < -0.3 is 1.43 Å². The molecule has 0 spiro atoms. The smallest absolute Gasteiger partial charge is 1.00 e. The van der Waals surface area contributed by atoms with E-state index in [0.29, 0.717) is 0 Å². The van der Waals surface area contributed by atoms with Crippen molar-refractivity contribution in [2.24, 2.45) is 0 Å². The van der Waals surface area contributed by atoms with Gasteiger partial charge in [0.15, 0.2) is 0 Å². The SMILES string of the molecule is O=S(=O)(NBr)c1ccccc1.[H-].[Na+]. The van der Waals surface area contributed by atoms with E-state index in [9.17, 15) is 8.42 Å². The summed E-state index contributed by atoms with van der Waals surface area (Å²) >= 11 is 2.67. The van der Waals surface area contributed by atoms with Crippen LogP contribution < -0.4 is 33.3 Å². The van der Waals surface area contributed by atoms with Crippen LogP contribution in [0, 0.1) is 0 Å². The van der Waals surface area contributed by atoms with E-state index in [2.05, 4.69) is 16.1 Å². The largest absolute Gasteiger partial charge is 1.00 e. The van der Waals surface area contributed by atoms with Crippen molar-refractivity contribution in [2.75, 3.05) is 0 Å². The predicted octanol–water partition coefficient (Wildman–Crippen LogP) is -1.61. The minimum Gasteiger partial charge on any atom is -1.00 e. The van der Waals surface area contributed by atoms with Crippen LogP contribution in [0.2, 0.25) is 0 Å². The first-order chi connectivity index (χ1) is 5.17. The monoisotopic (exact) mass is 259 g/mol. The standard InChI is InChI=1S/C6H6BrNO2S.Na.H/c7-8-11(9,10)6-4-2-1-3-5-6;;/h1-5,8H;;/q;+1;-1. The Labute approximate surface area is 104 Å². The zero-order valence-corrected chi connectivity index (χ0v) is 10.9. The molecule has 12 heavy (non-hydrogen) atoms. The number of hydrogen-bond acceptors (Lipinski definition) is 2. The van der Waals surface area contributed by atoms with E-state index >= 15 is 0 Å². The molecule has 0 amide bonds. The van der Waals surface area contributed by atoms with E-state index in [4.69, 9.17) is 0 Å². The fourth-order valence-electron chi connectivity index (χ4n) is 0.644. The molecule has 1 rings (SSSR count). The molecule has 1 N–H and O–H groups in total. The van der Waals surface area contributed by atoms with E-state index in [1.54, 1.807) is 18.2 Å². The van der Waals surface area contributed by atoms with Crippen LogP contribution in [0.5, 0.6) is 0 Å². The first kappa shape index (κ1) is 12.6. The molecule has 0 aromatic heterocycles. The third-order valence-corrected chi connectivity index (χ3v) is 3.53. The Kier molecular flexibility index (Phi) is 5.64. The number of nitrogens with one attached hydrogen (secondary N) is 1. The number of benzene rings is 1. The van der Waals surface area contributed by atoms with Gasteiger partial charge in [-0.05, 0) is 12.1 Å². The van der Waals surface area contributed by atoms with Gasteiger partial charge in [0.2, 0.25) is 10.0 Å². The minimum absolute atomic E-state index is 0. The van der Waals surface area contributed by atoms with Crippen LogP contribution in [0.1, 0.15) is 1.43 Å². The number of sulfonamides is 1. The van der Waals surface area contributed by atoms with Crippen molar-refractivity contribution in [1.29, 1.82) is 0 Å². The first-order valence-corrected chi connectivity index (χ1v) is 5.12. The van der Waals surface area contributed by atoms with Crippen molar-refractivity contribution in [3.05, 3.63) is 30.3 Å². The van der Waals surface area contributed by atoms with Crippen molar-refractivity contribution < 1.29 is 39.4 Å². The summed E-state index contributed by atoms with van der Waals surface area (Å²) in [6, 6.07) is 8.12. The van der Waals surface area contributed by atoms with Crippen LogP contribution in [-0.4, -0.2) is 8.42 Å². The molecule has 0 bridgehead atoms. The Balaban J connectivity index is 0. The number of halogens is 1. The van der Waals surface area contributed by atoms with Crippen LogP contribution >= 0.6 is 16.1 Å². The first-order valence-electron chi connectivity index (χ1n) is 2.84. The second-order valence-corrected chi connectivity index (χ2v) is 4.50. The van der Waals surface area contributed by atoms with Crippen LogP contribution in [0.15, 0.2) is 35.2 Å². The van der Waals surface area contributed by atoms with Crippen LogP contribution in [0.3, 0.4) is 0 Å². The van der Waals surface area contributed by atoms with Crippen molar-refractivity contribution in [3.63, 3.8) is 0 Å². The van der Waals surface area contributed by atoms with Gasteiger partial charge in [0, 0.05) is 16.1 Å². The molecular formula is C6H7BrNNaO2S. The molecule has 0 radical (unpaired) electrons. The van der Waals surface area contributed by atoms with Gasteiger partial charge in [0.05, 0.1) is 4.90 Å². The molecule has 0 aliphatic carbocycles. The van der Waals surface area contributed by atoms with Crippen molar-refractivity contribution in [3.8, 4) is 0 Å². The molecule has 0 atom stereocenters. The van der Waals surface area contributed by atoms with Crippen LogP contribution in [0.4, 0.5) is 0 Å². The predicted molar refractivity (Wildman–Crippen MR) is 46.8 cm³/mol. The Morgan fingerprint density at radius 3 is 2.17 bits per heavy atom. The van der Waals surface area contributed by atoms with E-state index < -0.39 is 10.0 Å². The Hall–Kier alpha value is 0.610. The van der Waals surface area contributed by atoms with Crippen molar-refractivity contribution in [2.45, 2.75) is 4.90 Å². The summed E-state index contributed by atoms with van der Waals surface area (Å²) in [6.07, 6.45) is 0. The molecule has 0 aliphatic rings. The molecule has 0 heterocycles. The van der Waals surface area contributed by atoms with E-state index in [-0.39, 0.29) is 35.9 Å². The van der Waals surface area contributed by atoms with Gasteiger partial charge in [-0.3, -0.25) is 0 Å². The Bertz CT molecular complexity index is 332. The topological polar surface area (TPSA) is 46.2 Å². The summed E-state index contributed by atoms with van der Waals surface area (Å²) in [5.74, 6) is 0. The fraction of sp³-hybridized carbons (Fsp3) is 0. The van der Waals surface area contributed by atoms with Crippen LogP contribution in [-0.2, 0) is 10.0 Å². The van der Waals surface area contributed by atoms with Gasteiger partial charge in [-0.1, -0.05) is 18.2 Å². The Morgan fingerprint density at radius 2 is 1.75 bits per heavy atom. The molecule has 0 saturated carbocycles. The molecule has 1 aromatic carbocycles. The van der Waals surface area contributed by atoms with Gasteiger partial charge >= 0.3 is 29.6 Å². The van der Waals surface area contributed by atoms with Crippen molar-refractivity contribution >= 4 is 26.2 Å². The average Bonchev–Trinajstić information content (AvgIpc) is 2.06. The molecule has 62 valence electrons. The average molecular weight is 260 g/mol. The summed E-state index contributed by atoms with van der Waals surface area (Å²) in [6.45, 7) is 0. The third-order valence-electron chi connectivity index (χ3n) is 1.16. The number of hydrogen-bond donors (Lipinski definition) is 1. The van der Waals surface area contributed by atoms with Gasteiger partial charge in [-0.2, -0.15) is 0 Å². The minimum atomic E-state index is -3.33. The quantitative estimate of drug-likeness (QED) is 0.514. The van der Waals surface area contributed by atoms with Gasteiger partial charge in [0.25, 0.3) is 0 Å². The normalized spacial score (nSPS) is 10.4. The molecule has 6 heteroatoms. The molecular weight excluding hydrogens is 253 g/mol. The maximum absolute atomic E-state index is 11.0. The van der Waals surface area contributed by atoms with Crippen LogP contribution in [0.25, 0.3) is 0 Å². The number of rotatable bonds is 2. The van der Waals surface area contributed by atoms with Crippen molar-refractivity contribution in [1.82, 2.24) is 3.75 Å². The maximum atomic E-state index is 11.0. The molecule has 0 saturated heterocycles. The second-order valence-electron chi connectivity index (χ2n) is 1.89. The molecule has 0 fully saturated rings. The zero-order valence-electron chi connectivity index (χ0n) is 7.49. The molecule has 3 nitrogen and oxygen atoms in total. The second kappa shape index (κ2) is 5.36. The summed E-state index contributed by atoms with van der Waals surface area (Å²) in [7, 11) is -3.33. The van der Waals surface area contributed by atoms with Gasteiger partial charge in [-0.25, -0.2) is 8.42 Å². The zero-order chi connectivity index (χ0) is 8.32. The van der Waals surface area contributed by atoms with Gasteiger partial charge in [0.1, 0.15) is 0 Å². The third kappa shape index (κ3) is 3.16. The summed E-state index contributed by atoms with van der Waals surface area (Å²) in [4.78, 5) is 0.247. The molecule has 0 unspecified atom stereocenters.